The number of halogens is 3. The fourth-order valence-electron chi connectivity index (χ4n) is 6.15. The summed E-state index contributed by atoms with van der Waals surface area (Å²) in [4.78, 5) is 4.27. The highest BCUT2D eigenvalue weighted by Crippen LogP contribution is 2.30. The maximum atomic E-state index is 14.5. The van der Waals surface area contributed by atoms with Crippen LogP contribution in [0.25, 0.3) is 22.4 Å². The van der Waals surface area contributed by atoms with Crippen LogP contribution in [0.1, 0.15) is 28.8 Å². The first-order valence-electron chi connectivity index (χ1n) is 17.5. The molecular formula is C41H38Cl2FN5O6S2. The second-order valence-electron chi connectivity index (χ2n) is 12.9. The molecule has 6 rings (SSSR count). The molecule has 6 aromatic rings. The Kier molecular flexibility index (Phi) is 13.3. The molecule has 0 aliphatic heterocycles. The summed E-state index contributed by atoms with van der Waals surface area (Å²) in [6.07, 6.45) is 1.51. The largest absolute Gasteiger partial charge is 0.394 e. The molecule has 0 aliphatic carbocycles. The van der Waals surface area contributed by atoms with E-state index in [0.29, 0.717) is 33.0 Å². The molecule has 0 radical (unpaired) electrons. The van der Waals surface area contributed by atoms with E-state index in [9.17, 15) is 31.4 Å². The molecule has 1 heterocycles. The molecule has 0 saturated carbocycles. The summed E-state index contributed by atoms with van der Waals surface area (Å²) in [6.45, 7) is -0.434. The molecule has 57 heavy (non-hydrogen) atoms. The van der Waals surface area contributed by atoms with Gasteiger partial charge in [-0.3, -0.25) is 14.4 Å². The van der Waals surface area contributed by atoms with Gasteiger partial charge in [0, 0.05) is 40.3 Å². The van der Waals surface area contributed by atoms with Crippen LogP contribution in [0.15, 0.2) is 137 Å². The minimum absolute atomic E-state index is 0.0415. The third-order valence-electron chi connectivity index (χ3n) is 9.16. The Labute approximate surface area is 340 Å². The predicted octanol–water partition coefficient (Wildman–Crippen LogP) is 7.54. The molecule has 6 N–H and O–H groups in total. The molecule has 1 aromatic heterocycles. The lowest BCUT2D eigenvalue weighted by Gasteiger charge is -2.23. The molecular weight excluding hydrogens is 813 g/mol. The lowest BCUT2D eigenvalue weighted by atomic mass is 9.99. The van der Waals surface area contributed by atoms with Crippen LogP contribution in [0, 0.1) is 5.82 Å². The van der Waals surface area contributed by atoms with Gasteiger partial charge in [0.15, 0.2) is 0 Å². The smallest absolute Gasteiger partial charge is 0.261 e. The van der Waals surface area contributed by atoms with Crippen molar-refractivity contribution >= 4 is 54.6 Å². The molecule has 0 spiro atoms. The summed E-state index contributed by atoms with van der Waals surface area (Å²) in [5.74, 6) is -0.532. The van der Waals surface area contributed by atoms with Gasteiger partial charge in [0.2, 0.25) is 0 Å². The monoisotopic (exact) mass is 849 g/mol. The number of aromatic nitrogens is 1. The number of aliphatic hydroxyl groups excluding tert-OH is 2. The van der Waals surface area contributed by atoms with Gasteiger partial charge in [-0.2, -0.15) is 0 Å². The van der Waals surface area contributed by atoms with Crippen LogP contribution in [0.3, 0.4) is 0 Å². The maximum Gasteiger partial charge on any atom is 0.261 e. The summed E-state index contributed by atoms with van der Waals surface area (Å²) < 4.78 is 73.0. The third-order valence-corrected chi connectivity index (χ3v) is 12.4. The molecule has 0 aliphatic rings. The maximum absolute atomic E-state index is 14.5. The van der Waals surface area contributed by atoms with Gasteiger partial charge in [0.25, 0.3) is 20.0 Å². The minimum Gasteiger partial charge on any atom is -0.394 e. The average Bonchev–Trinajstić information content (AvgIpc) is 3.19. The van der Waals surface area contributed by atoms with E-state index in [1.807, 2.05) is 0 Å². The zero-order valence-corrected chi connectivity index (χ0v) is 33.5. The van der Waals surface area contributed by atoms with E-state index in [1.165, 1.54) is 54.7 Å². The molecule has 296 valence electrons. The van der Waals surface area contributed by atoms with Crippen molar-refractivity contribution in [2.45, 2.75) is 28.4 Å². The first kappa shape index (κ1) is 41.7. The molecule has 11 nitrogen and oxygen atoms in total. The Morgan fingerprint density at radius 2 is 1.30 bits per heavy atom. The summed E-state index contributed by atoms with van der Waals surface area (Å²) in [5.41, 5.74) is 4.55. The van der Waals surface area contributed by atoms with E-state index >= 15 is 0 Å². The Hall–Kier alpha value is -4.90. The number of pyridine rings is 1. The van der Waals surface area contributed by atoms with Crippen LogP contribution in [0.5, 0.6) is 0 Å². The molecule has 0 bridgehead atoms. The summed E-state index contributed by atoms with van der Waals surface area (Å²) in [6, 6.07) is 30.1. The quantitative estimate of drug-likeness (QED) is 0.0576. The lowest BCUT2D eigenvalue weighted by molar-refractivity contribution is 0.241. The van der Waals surface area contributed by atoms with Crippen molar-refractivity contribution in [1.29, 1.82) is 0 Å². The number of rotatable bonds is 16. The van der Waals surface area contributed by atoms with Crippen molar-refractivity contribution in [2.24, 2.45) is 0 Å². The number of hydrogen-bond donors (Lipinski definition) is 6. The number of likely N-dealkylation sites (N-methyl/N-ethyl adjacent to an activating group) is 1. The van der Waals surface area contributed by atoms with E-state index in [1.54, 1.807) is 79.8 Å². The molecule has 2 unspecified atom stereocenters. The second-order valence-corrected chi connectivity index (χ2v) is 17.2. The highest BCUT2D eigenvalue weighted by atomic mass is 35.5. The van der Waals surface area contributed by atoms with Crippen LogP contribution in [0.2, 0.25) is 10.0 Å². The van der Waals surface area contributed by atoms with E-state index in [-0.39, 0.29) is 51.5 Å². The lowest BCUT2D eigenvalue weighted by Crippen LogP contribution is -2.27. The fourth-order valence-corrected chi connectivity index (χ4v) is 8.52. The number of nitrogens with zero attached hydrogens (tertiary/aromatic N) is 1. The number of hydrogen-bond acceptors (Lipinski definition) is 9. The minimum atomic E-state index is -4.07. The average molecular weight is 851 g/mol. The normalized spacial score (nSPS) is 12.9. The Morgan fingerprint density at radius 1 is 0.684 bits per heavy atom. The van der Waals surface area contributed by atoms with E-state index in [0.717, 1.165) is 5.56 Å². The first-order chi connectivity index (χ1) is 27.3. The van der Waals surface area contributed by atoms with Gasteiger partial charge in [0.05, 0.1) is 45.8 Å². The second kappa shape index (κ2) is 18.1. The predicted molar refractivity (Wildman–Crippen MR) is 222 cm³/mol. The van der Waals surface area contributed by atoms with Gasteiger partial charge in [-0.15, -0.1) is 0 Å². The van der Waals surface area contributed by atoms with Crippen LogP contribution in [-0.4, -0.2) is 52.3 Å². The third kappa shape index (κ3) is 10.2. The van der Waals surface area contributed by atoms with Gasteiger partial charge in [-0.25, -0.2) is 21.2 Å². The van der Waals surface area contributed by atoms with Gasteiger partial charge < -0.3 is 20.8 Å². The summed E-state index contributed by atoms with van der Waals surface area (Å²) in [7, 11) is -6.37. The number of nitrogens with one attached hydrogen (secondary N) is 4. The SMILES string of the molecule is CNC(CO)c1cc(NS(=O)(=O)c2ccc(-c3ccc(Cl)cc3F)cc2)ccc1CNC(CO)c1cccc(NS(=O)(=O)c2ccc(-c3ccc(Cl)cn3)cc2)c1. The van der Waals surface area contributed by atoms with Gasteiger partial charge >= 0.3 is 0 Å². The summed E-state index contributed by atoms with van der Waals surface area (Å²) >= 11 is 11.8. The topological polar surface area (TPSA) is 170 Å². The zero-order valence-electron chi connectivity index (χ0n) is 30.3. The van der Waals surface area contributed by atoms with Crippen molar-refractivity contribution < 1.29 is 31.4 Å². The van der Waals surface area contributed by atoms with Gasteiger partial charge in [-0.1, -0.05) is 65.7 Å². The highest BCUT2D eigenvalue weighted by Gasteiger charge is 2.21. The number of anilines is 2. The number of benzene rings is 5. The van der Waals surface area contributed by atoms with Crippen LogP contribution in [-0.2, 0) is 26.6 Å². The molecule has 2 atom stereocenters. The first-order valence-corrected chi connectivity index (χ1v) is 21.2. The van der Waals surface area contributed by atoms with E-state index < -0.39 is 37.9 Å². The number of aliphatic hydroxyl groups is 2. The molecule has 0 fully saturated rings. The Morgan fingerprint density at radius 3 is 1.88 bits per heavy atom. The van der Waals surface area contributed by atoms with E-state index in [2.05, 4.69) is 25.1 Å². The zero-order chi connectivity index (χ0) is 40.7. The molecule has 0 amide bonds. The Bertz CT molecular complexity index is 2560. The van der Waals surface area contributed by atoms with E-state index in [4.69, 9.17) is 23.2 Å². The van der Waals surface area contributed by atoms with Gasteiger partial charge in [-0.05, 0) is 108 Å². The molecule has 16 heteroatoms. The van der Waals surface area contributed by atoms with Crippen molar-refractivity contribution in [3.05, 3.63) is 160 Å². The molecule has 5 aromatic carbocycles. The van der Waals surface area contributed by atoms with Crippen LogP contribution < -0.4 is 20.1 Å². The van der Waals surface area contributed by atoms with Crippen LogP contribution >= 0.6 is 23.2 Å². The van der Waals surface area contributed by atoms with Crippen molar-refractivity contribution in [1.82, 2.24) is 15.6 Å². The van der Waals surface area contributed by atoms with Crippen molar-refractivity contribution in [3.8, 4) is 22.4 Å². The van der Waals surface area contributed by atoms with Gasteiger partial charge in [0.1, 0.15) is 5.82 Å². The van der Waals surface area contributed by atoms with Crippen molar-refractivity contribution in [2.75, 3.05) is 29.7 Å². The number of sulfonamides is 2. The standard InChI is InChI=1S/C41H38Cl2FN5O6S2/c1-45-41(25-51)37-21-33(49-57(54,55)34-13-6-26(7-14-34)36-17-10-30(42)20-38(36)44)12-5-29(37)22-46-40(24-50)28-3-2-4-32(19-28)48-56(52,53)35-15-8-27(9-16-35)39-18-11-31(43)23-47-39/h2-21,23,40-41,45-46,48-51H,22,24-25H2,1H3. The van der Waals surface area contributed by atoms with Crippen molar-refractivity contribution in [3.63, 3.8) is 0 Å². The summed E-state index contributed by atoms with van der Waals surface area (Å²) in [5, 5.41) is 27.6. The fraction of sp³-hybridized carbons (Fsp3) is 0.146. The Balaban J connectivity index is 1.15. The molecule has 0 saturated heterocycles. The van der Waals surface area contributed by atoms with Crippen LogP contribution in [0.4, 0.5) is 15.8 Å². The highest BCUT2D eigenvalue weighted by molar-refractivity contribution is 7.93.